The molecule has 3 atom stereocenters. The fraction of sp³-hybridized carbons (Fsp3) is 0.440. The molecule has 3 aliphatic heterocycles. The second kappa shape index (κ2) is 9.89. The van der Waals surface area contributed by atoms with Crippen molar-refractivity contribution in [2.75, 3.05) is 37.8 Å². The molecule has 3 aliphatic rings. The van der Waals surface area contributed by atoms with Crippen LogP contribution in [-0.2, 0) is 22.5 Å². The van der Waals surface area contributed by atoms with Gasteiger partial charge in [-0.3, -0.25) is 14.7 Å². The van der Waals surface area contributed by atoms with E-state index in [2.05, 4.69) is 30.5 Å². The van der Waals surface area contributed by atoms with Crippen molar-refractivity contribution < 1.29 is 18.7 Å². The number of anilines is 1. The first-order valence-corrected chi connectivity index (χ1v) is 13.1. The van der Waals surface area contributed by atoms with Crippen LogP contribution in [0.2, 0.25) is 0 Å². The number of carbonyl (C=O) groups excluding carboxylic acids is 1. The van der Waals surface area contributed by atoms with E-state index in [0.717, 1.165) is 30.1 Å². The molecule has 0 saturated carbocycles. The zero-order valence-corrected chi connectivity index (χ0v) is 20.7. The monoisotopic (exact) mass is 510 g/mol. The summed E-state index contributed by atoms with van der Waals surface area (Å²) in [5, 5.41) is 6.45. The van der Waals surface area contributed by atoms with Crippen LogP contribution in [0.15, 0.2) is 35.4 Å². The van der Waals surface area contributed by atoms with Gasteiger partial charge < -0.3 is 20.1 Å². The Balaban J connectivity index is 1.08. The van der Waals surface area contributed by atoms with Crippen molar-refractivity contribution in [3.05, 3.63) is 47.5 Å². The summed E-state index contributed by atoms with van der Waals surface area (Å²) < 4.78 is 26.1. The van der Waals surface area contributed by atoms with Gasteiger partial charge in [-0.15, -0.1) is 11.8 Å². The van der Waals surface area contributed by atoms with Crippen LogP contribution < -0.4 is 15.4 Å². The van der Waals surface area contributed by atoms with E-state index in [1.807, 2.05) is 12.1 Å². The third-order valence-electron chi connectivity index (χ3n) is 6.94. The number of nitrogens with zero attached hydrogens (tertiary/aromatic N) is 4. The maximum atomic E-state index is 14.7. The highest BCUT2D eigenvalue weighted by Crippen LogP contribution is 2.31. The van der Waals surface area contributed by atoms with E-state index in [0.29, 0.717) is 53.6 Å². The number of pyridine rings is 3. The van der Waals surface area contributed by atoms with Gasteiger partial charge in [0.2, 0.25) is 11.8 Å². The van der Waals surface area contributed by atoms with Crippen LogP contribution in [0.5, 0.6) is 5.88 Å². The molecule has 3 aromatic rings. The first kappa shape index (κ1) is 23.5. The number of methoxy groups -OCH3 is 1. The number of hydrogen-bond acceptors (Lipinski definition) is 9. The Morgan fingerprint density at radius 3 is 3.08 bits per heavy atom. The number of rotatable bonds is 7. The highest BCUT2D eigenvalue weighted by Gasteiger charge is 2.40. The Bertz CT molecular complexity index is 1310. The lowest BCUT2D eigenvalue weighted by molar-refractivity contribution is -0.113. The highest BCUT2D eigenvalue weighted by molar-refractivity contribution is 8.00. The van der Waals surface area contributed by atoms with E-state index < -0.39 is 0 Å². The molecule has 36 heavy (non-hydrogen) atoms. The van der Waals surface area contributed by atoms with Crippen LogP contribution in [0, 0.1) is 5.82 Å². The predicted octanol–water partition coefficient (Wildman–Crippen LogP) is 2.39. The van der Waals surface area contributed by atoms with E-state index in [4.69, 9.17) is 9.47 Å². The topological polar surface area (TPSA) is 102 Å². The van der Waals surface area contributed by atoms with Crippen molar-refractivity contribution in [2.45, 2.75) is 42.5 Å². The first-order chi connectivity index (χ1) is 17.6. The van der Waals surface area contributed by atoms with Crippen LogP contribution in [0.25, 0.3) is 11.0 Å². The normalized spacial score (nSPS) is 23.5. The quantitative estimate of drug-likeness (QED) is 0.496. The molecule has 1 unspecified atom stereocenters. The Labute approximate surface area is 212 Å². The summed E-state index contributed by atoms with van der Waals surface area (Å²) in [6, 6.07) is 7.77. The van der Waals surface area contributed by atoms with Gasteiger partial charge in [0.15, 0.2) is 0 Å². The lowest BCUT2D eigenvalue weighted by Gasteiger charge is -2.33. The van der Waals surface area contributed by atoms with Gasteiger partial charge in [0.1, 0.15) is 11.6 Å². The van der Waals surface area contributed by atoms with Gasteiger partial charge in [0, 0.05) is 43.9 Å². The predicted molar refractivity (Wildman–Crippen MR) is 134 cm³/mol. The van der Waals surface area contributed by atoms with Crippen LogP contribution in [0.4, 0.5) is 10.2 Å². The smallest absolute Gasteiger partial charge is 0.235 e. The average Bonchev–Trinajstić information content (AvgIpc) is 3.18. The first-order valence-electron chi connectivity index (χ1n) is 12.1. The molecule has 6 heterocycles. The SMILES string of the molecule is COc1ccc2ncc(F)c(CCN3C[C@H]4CC(NCc5ccc6c(n5)NC(=O)CS6)[C@@H](C3)O4)c2n1. The van der Waals surface area contributed by atoms with Gasteiger partial charge >= 0.3 is 0 Å². The molecule has 2 saturated heterocycles. The third kappa shape index (κ3) is 4.75. The van der Waals surface area contributed by atoms with Gasteiger partial charge in [0.25, 0.3) is 0 Å². The molecule has 0 spiro atoms. The van der Waals surface area contributed by atoms with Crippen LogP contribution >= 0.6 is 11.8 Å². The molecule has 9 nitrogen and oxygen atoms in total. The Hall–Kier alpha value is -2.86. The van der Waals surface area contributed by atoms with E-state index in [9.17, 15) is 9.18 Å². The van der Waals surface area contributed by atoms with Gasteiger partial charge in [-0.2, -0.15) is 0 Å². The standard InChI is InChI=1S/C25H27FN6O3S/c1-34-23-5-3-18-24(31-23)16(17(26)10-28-18)6-7-32-11-15-8-19(20(12-32)35-15)27-9-14-2-4-21-25(29-14)30-22(33)13-36-21/h2-5,10,15,19-20,27H,6-9,11-13H2,1H3,(H,29,30,33)/t15-,19?,20-/m1/s1. The number of morpholine rings is 1. The number of carbonyl (C=O) groups is 1. The van der Waals surface area contributed by atoms with E-state index in [-0.39, 0.29) is 30.0 Å². The van der Waals surface area contributed by atoms with Crippen molar-refractivity contribution in [3.63, 3.8) is 0 Å². The minimum atomic E-state index is -0.342. The Kier molecular flexibility index (Phi) is 6.46. The van der Waals surface area contributed by atoms with E-state index >= 15 is 0 Å². The molecule has 6 rings (SSSR count). The maximum absolute atomic E-state index is 14.7. The molecule has 3 aromatic heterocycles. The summed E-state index contributed by atoms with van der Waals surface area (Å²) in [5.74, 6) is 1.17. The summed E-state index contributed by atoms with van der Waals surface area (Å²) in [4.78, 5) is 28.2. The van der Waals surface area contributed by atoms with E-state index in [1.54, 1.807) is 19.2 Å². The summed E-state index contributed by atoms with van der Waals surface area (Å²) in [6.45, 7) is 2.91. The fourth-order valence-electron chi connectivity index (χ4n) is 5.17. The Morgan fingerprint density at radius 1 is 1.28 bits per heavy atom. The zero-order chi connectivity index (χ0) is 24.6. The van der Waals surface area contributed by atoms with Crippen LogP contribution in [-0.4, -0.2) is 76.5 Å². The summed E-state index contributed by atoms with van der Waals surface area (Å²) in [6.07, 6.45) is 2.93. The highest BCUT2D eigenvalue weighted by atomic mass is 32.2. The van der Waals surface area contributed by atoms with Gasteiger partial charge in [-0.1, -0.05) is 0 Å². The van der Waals surface area contributed by atoms with Gasteiger partial charge in [0.05, 0.1) is 52.9 Å². The second-order valence-electron chi connectivity index (χ2n) is 9.32. The minimum Gasteiger partial charge on any atom is -0.481 e. The van der Waals surface area contributed by atoms with Crippen molar-refractivity contribution in [1.82, 2.24) is 25.2 Å². The lowest BCUT2D eigenvalue weighted by atomic mass is 10.1. The van der Waals surface area contributed by atoms with Crippen molar-refractivity contribution in [2.24, 2.45) is 0 Å². The Morgan fingerprint density at radius 2 is 2.19 bits per heavy atom. The molecule has 1 amide bonds. The van der Waals surface area contributed by atoms with Crippen LogP contribution in [0.1, 0.15) is 17.7 Å². The lowest BCUT2D eigenvalue weighted by Crippen LogP contribution is -2.47. The molecular weight excluding hydrogens is 483 g/mol. The number of aromatic nitrogens is 3. The number of amides is 1. The number of hydrogen-bond donors (Lipinski definition) is 2. The molecule has 0 aliphatic carbocycles. The third-order valence-corrected chi connectivity index (χ3v) is 7.98. The molecule has 188 valence electrons. The number of thioether (sulfide) groups is 1. The molecule has 11 heteroatoms. The van der Waals surface area contributed by atoms with Crippen molar-refractivity contribution >= 4 is 34.5 Å². The van der Waals surface area contributed by atoms with Crippen molar-refractivity contribution in [1.29, 1.82) is 0 Å². The fourth-order valence-corrected chi connectivity index (χ4v) is 5.93. The average molecular weight is 511 g/mol. The zero-order valence-electron chi connectivity index (χ0n) is 19.9. The number of likely N-dealkylation sites (tertiary alicyclic amines) is 1. The second-order valence-corrected chi connectivity index (χ2v) is 10.3. The maximum Gasteiger partial charge on any atom is 0.235 e. The van der Waals surface area contributed by atoms with Gasteiger partial charge in [-0.05, 0) is 31.0 Å². The number of nitrogens with one attached hydrogen (secondary N) is 2. The molecule has 2 N–H and O–H groups in total. The number of ether oxygens (including phenoxy) is 2. The summed E-state index contributed by atoms with van der Waals surface area (Å²) in [7, 11) is 1.55. The van der Waals surface area contributed by atoms with E-state index in [1.165, 1.54) is 18.0 Å². The van der Waals surface area contributed by atoms with Gasteiger partial charge in [-0.25, -0.2) is 14.4 Å². The number of fused-ring (bicyclic) bond motifs is 4. The molecule has 2 bridgehead atoms. The van der Waals surface area contributed by atoms with Crippen molar-refractivity contribution in [3.8, 4) is 5.88 Å². The van der Waals surface area contributed by atoms with Crippen LogP contribution in [0.3, 0.4) is 0 Å². The molecule has 0 aromatic carbocycles. The summed E-state index contributed by atoms with van der Waals surface area (Å²) in [5.41, 5.74) is 2.67. The minimum absolute atomic E-state index is 0.0160. The molecular formula is C25H27FN6O3S. The molecule has 2 fully saturated rings. The summed E-state index contributed by atoms with van der Waals surface area (Å²) >= 11 is 1.51. The number of halogens is 1. The molecule has 0 radical (unpaired) electrons. The largest absolute Gasteiger partial charge is 0.481 e.